The van der Waals surface area contributed by atoms with Crippen LogP contribution in [0.4, 0.5) is 0 Å². The molecule has 1 N–H and O–H groups in total. The van der Waals surface area contributed by atoms with E-state index in [9.17, 15) is 0 Å². The van der Waals surface area contributed by atoms with E-state index in [1.54, 1.807) is 7.11 Å². The molecule has 0 aromatic heterocycles. The molecule has 0 aliphatic carbocycles. The molecule has 0 bridgehead atoms. The molecule has 2 rings (SSSR count). The Hall–Kier alpha value is -1.26. The largest absolute Gasteiger partial charge is 0.496 e. The zero-order chi connectivity index (χ0) is 10.7. The summed E-state index contributed by atoms with van der Waals surface area (Å²) in [4.78, 5) is 0. The number of benzene rings is 1. The second kappa shape index (κ2) is 4.51. The molecule has 15 heavy (non-hydrogen) atoms. The lowest BCUT2D eigenvalue weighted by Crippen LogP contribution is -2.13. The van der Waals surface area contributed by atoms with Gasteiger partial charge in [0.05, 0.1) is 13.7 Å². The summed E-state index contributed by atoms with van der Waals surface area (Å²) in [6.07, 6.45) is 0. The second-order valence-corrected chi connectivity index (χ2v) is 3.41. The molecule has 0 fully saturated rings. The van der Waals surface area contributed by atoms with E-state index in [1.807, 2.05) is 19.2 Å². The zero-order valence-electron chi connectivity index (χ0n) is 9.00. The maximum atomic E-state index is 5.40. The van der Waals surface area contributed by atoms with E-state index in [1.165, 1.54) is 0 Å². The molecule has 4 heteroatoms. The number of fused-ring (bicyclic) bond motifs is 1. The summed E-state index contributed by atoms with van der Waals surface area (Å²) >= 11 is 0. The summed E-state index contributed by atoms with van der Waals surface area (Å²) in [6, 6.07) is 3.98. The van der Waals surface area contributed by atoms with E-state index < -0.39 is 0 Å². The number of nitrogens with one attached hydrogen (secondary N) is 1. The van der Waals surface area contributed by atoms with Gasteiger partial charge in [0.15, 0.2) is 6.79 Å². The van der Waals surface area contributed by atoms with Gasteiger partial charge in [-0.25, -0.2) is 0 Å². The van der Waals surface area contributed by atoms with Crippen LogP contribution in [0.5, 0.6) is 11.5 Å². The van der Waals surface area contributed by atoms with Crippen molar-refractivity contribution in [3.8, 4) is 11.5 Å². The Kier molecular flexibility index (Phi) is 3.08. The van der Waals surface area contributed by atoms with E-state index in [-0.39, 0.29) is 0 Å². The van der Waals surface area contributed by atoms with Gasteiger partial charge in [-0.1, -0.05) is 0 Å². The van der Waals surface area contributed by atoms with Crippen LogP contribution < -0.4 is 14.8 Å². The van der Waals surface area contributed by atoms with Crippen LogP contribution in [0.2, 0.25) is 0 Å². The van der Waals surface area contributed by atoms with Gasteiger partial charge < -0.3 is 19.5 Å². The molecule has 1 aromatic carbocycles. The van der Waals surface area contributed by atoms with Crippen molar-refractivity contribution < 1.29 is 14.2 Å². The molecule has 0 saturated heterocycles. The molecule has 0 amide bonds. The first-order valence-corrected chi connectivity index (χ1v) is 4.90. The van der Waals surface area contributed by atoms with Crippen molar-refractivity contribution in [2.24, 2.45) is 0 Å². The van der Waals surface area contributed by atoms with Gasteiger partial charge in [-0.05, 0) is 19.2 Å². The van der Waals surface area contributed by atoms with Gasteiger partial charge in [0.1, 0.15) is 11.5 Å². The zero-order valence-corrected chi connectivity index (χ0v) is 9.00. The normalized spacial score (nSPS) is 14.3. The van der Waals surface area contributed by atoms with Crippen molar-refractivity contribution in [2.75, 3.05) is 21.0 Å². The lowest BCUT2D eigenvalue weighted by molar-refractivity contribution is -0.0165. The van der Waals surface area contributed by atoms with E-state index in [4.69, 9.17) is 14.2 Å². The van der Waals surface area contributed by atoms with E-state index >= 15 is 0 Å². The minimum absolute atomic E-state index is 0.332. The van der Waals surface area contributed by atoms with Crippen molar-refractivity contribution in [1.29, 1.82) is 0 Å². The molecular formula is C11H15NO3. The lowest BCUT2D eigenvalue weighted by Gasteiger charge is -2.20. The van der Waals surface area contributed by atoms with Crippen LogP contribution in [0.15, 0.2) is 12.1 Å². The van der Waals surface area contributed by atoms with Gasteiger partial charge in [-0.2, -0.15) is 0 Å². The van der Waals surface area contributed by atoms with Crippen molar-refractivity contribution in [3.63, 3.8) is 0 Å². The highest BCUT2D eigenvalue weighted by Crippen LogP contribution is 2.31. The van der Waals surface area contributed by atoms with Crippen molar-refractivity contribution in [2.45, 2.75) is 13.2 Å². The average Bonchev–Trinajstić information content (AvgIpc) is 2.28. The summed E-state index contributed by atoms with van der Waals surface area (Å²) in [6.45, 7) is 1.69. The highest BCUT2D eigenvalue weighted by Gasteiger charge is 2.14. The molecule has 1 aliphatic heterocycles. The average molecular weight is 209 g/mol. The highest BCUT2D eigenvalue weighted by atomic mass is 16.7. The number of hydrogen-bond acceptors (Lipinski definition) is 4. The first-order valence-electron chi connectivity index (χ1n) is 4.90. The quantitative estimate of drug-likeness (QED) is 0.814. The Labute approximate surface area is 89.1 Å². The fourth-order valence-electron chi connectivity index (χ4n) is 1.67. The van der Waals surface area contributed by atoms with Gasteiger partial charge in [-0.15, -0.1) is 0 Å². The predicted molar refractivity (Wildman–Crippen MR) is 56.0 cm³/mol. The van der Waals surface area contributed by atoms with Gasteiger partial charge >= 0.3 is 0 Å². The monoisotopic (exact) mass is 209 g/mol. The summed E-state index contributed by atoms with van der Waals surface area (Å²) in [5.74, 6) is 1.77. The fraction of sp³-hybridized carbons (Fsp3) is 0.455. The first kappa shape index (κ1) is 10.3. The lowest BCUT2D eigenvalue weighted by atomic mass is 10.1. The number of ether oxygens (including phenoxy) is 3. The summed E-state index contributed by atoms with van der Waals surface area (Å²) < 4.78 is 15.9. The van der Waals surface area contributed by atoms with E-state index in [0.717, 1.165) is 29.2 Å². The third-order valence-electron chi connectivity index (χ3n) is 2.39. The molecule has 0 radical (unpaired) electrons. The number of hydrogen-bond donors (Lipinski definition) is 1. The SMILES string of the molecule is CNCc1cc2c(cc1OC)COCO2. The first-order chi connectivity index (χ1) is 7.35. The van der Waals surface area contributed by atoms with Gasteiger partial charge in [0, 0.05) is 17.7 Å². The summed E-state index contributed by atoms with van der Waals surface area (Å²) in [5.41, 5.74) is 2.14. The van der Waals surface area contributed by atoms with Crippen LogP contribution in [-0.2, 0) is 17.9 Å². The third-order valence-corrected chi connectivity index (χ3v) is 2.39. The van der Waals surface area contributed by atoms with Crippen LogP contribution in [0.1, 0.15) is 11.1 Å². The van der Waals surface area contributed by atoms with Crippen LogP contribution >= 0.6 is 0 Å². The molecule has 1 heterocycles. The van der Waals surface area contributed by atoms with Gasteiger partial charge in [-0.3, -0.25) is 0 Å². The smallest absolute Gasteiger partial charge is 0.189 e. The topological polar surface area (TPSA) is 39.7 Å². The summed E-state index contributed by atoms with van der Waals surface area (Å²) in [7, 11) is 3.58. The van der Waals surface area contributed by atoms with Gasteiger partial charge in [0.2, 0.25) is 0 Å². The van der Waals surface area contributed by atoms with Crippen LogP contribution in [-0.4, -0.2) is 21.0 Å². The molecular weight excluding hydrogens is 194 g/mol. The van der Waals surface area contributed by atoms with Crippen LogP contribution in [0.25, 0.3) is 0 Å². The molecule has 1 aromatic rings. The van der Waals surface area contributed by atoms with Crippen molar-refractivity contribution in [1.82, 2.24) is 5.32 Å². The molecule has 0 saturated carbocycles. The minimum Gasteiger partial charge on any atom is -0.496 e. The van der Waals surface area contributed by atoms with E-state index in [2.05, 4.69) is 5.32 Å². The molecule has 1 aliphatic rings. The maximum absolute atomic E-state index is 5.40. The third kappa shape index (κ3) is 2.06. The maximum Gasteiger partial charge on any atom is 0.189 e. The Morgan fingerprint density at radius 1 is 1.47 bits per heavy atom. The molecule has 4 nitrogen and oxygen atoms in total. The molecule has 0 unspecified atom stereocenters. The van der Waals surface area contributed by atoms with Crippen molar-refractivity contribution in [3.05, 3.63) is 23.3 Å². The van der Waals surface area contributed by atoms with Crippen LogP contribution in [0, 0.1) is 0 Å². The standard InChI is InChI=1S/C11H15NO3/c1-12-5-8-3-11-9(4-10(8)13-2)6-14-7-15-11/h3-4,12H,5-7H2,1-2H3. The van der Waals surface area contributed by atoms with E-state index in [0.29, 0.717) is 13.4 Å². The van der Waals surface area contributed by atoms with Crippen molar-refractivity contribution >= 4 is 0 Å². The molecule has 82 valence electrons. The minimum atomic E-state index is 0.332. The molecule has 0 spiro atoms. The number of methoxy groups -OCH3 is 1. The number of rotatable bonds is 3. The Bertz CT molecular complexity index is 352. The Morgan fingerprint density at radius 3 is 3.07 bits per heavy atom. The highest BCUT2D eigenvalue weighted by molar-refractivity contribution is 5.46. The van der Waals surface area contributed by atoms with Crippen LogP contribution in [0.3, 0.4) is 0 Å². The summed E-state index contributed by atoms with van der Waals surface area (Å²) in [5, 5.41) is 3.10. The van der Waals surface area contributed by atoms with Gasteiger partial charge in [0.25, 0.3) is 0 Å². The second-order valence-electron chi connectivity index (χ2n) is 3.41. The Morgan fingerprint density at radius 2 is 2.33 bits per heavy atom. The predicted octanol–water partition coefficient (Wildman–Crippen LogP) is 1.28. The fourth-order valence-corrected chi connectivity index (χ4v) is 1.67. The molecule has 0 atom stereocenters. The Balaban J connectivity index is 2.37.